The highest BCUT2D eigenvalue weighted by Crippen LogP contribution is 2.26. The summed E-state index contributed by atoms with van der Waals surface area (Å²) in [6, 6.07) is 3.99. The molecule has 2 nitrogen and oxygen atoms in total. The summed E-state index contributed by atoms with van der Waals surface area (Å²) in [4.78, 5) is 4.10. The number of hydrogen-bond acceptors (Lipinski definition) is 2. The van der Waals surface area contributed by atoms with Crippen LogP contribution in [0.2, 0.25) is 0 Å². The maximum atomic E-state index is 5.11. The van der Waals surface area contributed by atoms with Crippen LogP contribution in [0.25, 0.3) is 5.57 Å². The van der Waals surface area contributed by atoms with Gasteiger partial charge in [0, 0.05) is 12.3 Å². The fraction of sp³-hybridized carbons (Fsp3) is 0.400. The zero-order valence-electron chi connectivity index (χ0n) is 11.2. The Balaban J connectivity index is 0.000000686. The summed E-state index contributed by atoms with van der Waals surface area (Å²) >= 11 is 0. The van der Waals surface area contributed by atoms with Crippen molar-refractivity contribution in [1.29, 1.82) is 0 Å². The van der Waals surface area contributed by atoms with Crippen LogP contribution in [0.5, 0.6) is 5.88 Å². The van der Waals surface area contributed by atoms with E-state index in [0.717, 1.165) is 6.42 Å². The fourth-order valence-corrected chi connectivity index (χ4v) is 1.75. The van der Waals surface area contributed by atoms with Crippen LogP contribution >= 0.6 is 0 Å². The number of methoxy groups -OCH3 is 1. The zero-order chi connectivity index (χ0) is 12.7. The minimum atomic E-state index is 0.671. The Morgan fingerprint density at radius 2 is 2.06 bits per heavy atom. The number of nitrogens with zero attached hydrogens (tertiary/aromatic N) is 1. The summed E-state index contributed by atoms with van der Waals surface area (Å²) in [5.41, 5.74) is 3.89. The highest BCUT2D eigenvalue weighted by atomic mass is 16.5. The number of allylic oxidation sites excluding steroid dienone is 4. The van der Waals surface area contributed by atoms with Gasteiger partial charge in [0.25, 0.3) is 0 Å². The minimum Gasteiger partial charge on any atom is -0.481 e. The third kappa shape index (κ3) is 3.74. The van der Waals surface area contributed by atoms with Crippen LogP contribution in [0.4, 0.5) is 0 Å². The average Bonchev–Trinajstić information content (AvgIpc) is 2.41. The van der Waals surface area contributed by atoms with E-state index in [9.17, 15) is 0 Å². The highest BCUT2D eigenvalue weighted by Gasteiger charge is 2.05. The molecule has 0 unspecified atom stereocenters. The molecule has 2 heteroatoms. The quantitative estimate of drug-likeness (QED) is 0.759. The number of ether oxygens (including phenoxy) is 1. The molecule has 0 atom stereocenters. The van der Waals surface area contributed by atoms with E-state index in [1.54, 1.807) is 13.3 Å². The van der Waals surface area contributed by atoms with Gasteiger partial charge in [-0.05, 0) is 37.0 Å². The summed E-state index contributed by atoms with van der Waals surface area (Å²) in [5, 5.41) is 0. The Morgan fingerprint density at radius 1 is 1.29 bits per heavy atom. The topological polar surface area (TPSA) is 22.1 Å². The molecule has 0 spiro atoms. The third-order valence-corrected chi connectivity index (χ3v) is 2.58. The van der Waals surface area contributed by atoms with Crippen molar-refractivity contribution < 1.29 is 4.74 Å². The van der Waals surface area contributed by atoms with Crippen LogP contribution < -0.4 is 4.74 Å². The molecule has 0 radical (unpaired) electrons. The average molecular weight is 231 g/mol. The van der Waals surface area contributed by atoms with Crippen molar-refractivity contribution in [3.8, 4) is 5.88 Å². The maximum Gasteiger partial charge on any atom is 0.213 e. The lowest BCUT2D eigenvalue weighted by Crippen LogP contribution is -1.92. The zero-order valence-corrected chi connectivity index (χ0v) is 11.2. The Morgan fingerprint density at radius 3 is 2.71 bits per heavy atom. The lowest BCUT2D eigenvalue weighted by Gasteiger charge is -2.11. The second-order valence-corrected chi connectivity index (χ2v) is 3.78. The van der Waals surface area contributed by atoms with Crippen LogP contribution in [0.3, 0.4) is 0 Å². The van der Waals surface area contributed by atoms with Crippen molar-refractivity contribution in [2.75, 3.05) is 7.11 Å². The smallest absolute Gasteiger partial charge is 0.213 e. The van der Waals surface area contributed by atoms with Crippen LogP contribution in [-0.2, 0) is 0 Å². The molecule has 0 N–H and O–H groups in total. The van der Waals surface area contributed by atoms with E-state index in [0.29, 0.717) is 5.88 Å². The molecule has 92 valence electrons. The van der Waals surface area contributed by atoms with Gasteiger partial charge in [-0.2, -0.15) is 0 Å². The van der Waals surface area contributed by atoms with Gasteiger partial charge in [-0.15, -0.1) is 0 Å². The molecular formula is C15H21NO. The summed E-state index contributed by atoms with van der Waals surface area (Å²) < 4.78 is 5.11. The van der Waals surface area contributed by atoms with Gasteiger partial charge < -0.3 is 4.74 Å². The molecule has 1 heterocycles. The summed E-state index contributed by atoms with van der Waals surface area (Å²) in [7, 11) is 1.64. The molecule has 17 heavy (non-hydrogen) atoms. The highest BCUT2D eigenvalue weighted by molar-refractivity contribution is 5.75. The molecule has 0 aliphatic heterocycles. The largest absolute Gasteiger partial charge is 0.481 e. The van der Waals surface area contributed by atoms with Crippen molar-refractivity contribution in [1.82, 2.24) is 4.98 Å². The number of rotatable bonds is 2. The predicted octanol–water partition coefficient (Wildman–Crippen LogP) is 4.24. The Hall–Kier alpha value is -1.57. The van der Waals surface area contributed by atoms with Crippen molar-refractivity contribution in [3.63, 3.8) is 0 Å². The Labute approximate surface area is 104 Å². The molecule has 0 saturated heterocycles. The van der Waals surface area contributed by atoms with Gasteiger partial charge in [0.2, 0.25) is 5.88 Å². The van der Waals surface area contributed by atoms with Gasteiger partial charge in [0.1, 0.15) is 0 Å². The second-order valence-electron chi connectivity index (χ2n) is 3.78. The molecule has 1 aromatic rings. The van der Waals surface area contributed by atoms with Crippen LogP contribution in [0.1, 0.15) is 39.2 Å². The first-order chi connectivity index (χ1) is 8.29. The molecule has 1 aliphatic rings. The van der Waals surface area contributed by atoms with Gasteiger partial charge in [-0.1, -0.05) is 31.6 Å². The van der Waals surface area contributed by atoms with Gasteiger partial charge in [-0.25, -0.2) is 4.98 Å². The number of pyridine rings is 1. The van der Waals surface area contributed by atoms with Gasteiger partial charge >= 0.3 is 0 Å². The van der Waals surface area contributed by atoms with E-state index in [1.165, 1.54) is 23.1 Å². The molecule has 1 aromatic heterocycles. The van der Waals surface area contributed by atoms with E-state index in [-0.39, 0.29) is 0 Å². The summed E-state index contributed by atoms with van der Waals surface area (Å²) in [6.07, 6.45) is 8.58. The van der Waals surface area contributed by atoms with Crippen LogP contribution in [-0.4, -0.2) is 12.1 Å². The first-order valence-corrected chi connectivity index (χ1v) is 6.17. The summed E-state index contributed by atoms with van der Waals surface area (Å²) in [5.74, 6) is 0.671. The molecule has 0 fully saturated rings. The Bertz CT molecular complexity index is 419. The van der Waals surface area contributed by atoms with Gasteiger partial charge in [-0.3, -0.25) is 0 Å². The molecule has 0 bridgehead atoms. The van der Waals surface area contributed by atoms with Gasteiger partial charge in [0.05, 0.1) is 7.11 Å². The van der Waals surface area contributed by atoms with E-state index in [1.807, 2.05) is 26.0 Å². The van der Waals surface area contributed by atoms with E-state index in [4.69, 9.17) is 4.74 Å². The number of hydrogen-bond donors (Lipinski definition) is 0. The molecular weight excluding hydrogens is 210 g/mol. The van der Waals surface area contributed by atoms with Crippen molar-refractivity contribution in [2.24, 2.45) is 0 Å². The van der Waals surface area contributed by atoms with Crippen molar-refractivity contribution in [2.45, 2.75) is 33.6 Å². The standard InChI is InChI=1S/C13H15NO.C2H6/c1-10-4-3-5-11(8-10)12-6-7-14-13(9-12)15-2;1-2/h5-9H,3-4H2,1-2H3;1-2H3. The van der Waals surface area contributed by atoms with Crippen molar-refractivity contribution in [3.05, 3.63) is 41.6 Å². The third-order valence-electron chi connectivity index (χ3n) is 2.58. The molecule has 2 rings (SSSR count). The normalized spacial score (nSPS) is 14.1. The lowest BCUT2D eigenvalue weighted by molar-refractivity contribution is 0.398. The van der Waals surface area contributed by atoms with Crippen LogP contribution in [0.15, 0.2) is 36.1 Å². The van der Waals surface area contributed by atoms with Crippen molar-refractivity contribution >= 4 is 5.57 Å². The van der Waals surface area contributed by atoms with E-state index < -0.39 is 0 Å². The van der Waals surface area contributed by atoms with Crippen LogP contribution in [0, 0.1) is 0 Å². The number of aromatic nitrogens is 1. The Kier molecular flexibility index (Phi) is 5.47. The van der Waals surface area contributed by atoms with E-state index >= 15 is 0 Å². The SMILES string of the molecule is CC.COc1cc(C2=CCCC(C)=C2)ccn1. The molecule has 0 saturated carbocycles. The second kappa shape index (κ2) is 6.89. The lowest BCUT2D eigenvalue weighted by atomic mass is 9.96. The van der Waals surface area contributed by atoms with E-state index in [2.05, 4.69) is 24.1 Å². The first-order valence-electron chi connectivity index (χ1n) is 6.17. The summed E-state index contributed by atoms with van der Waals surface area (Å²) in [6.45, 7) is 6.17. The fourth-order valence-electron chi connectivity index (χ4n) is 1.75. The molecule has 0 aromatic carbocycles. The minimum absolute atomic E-state index is 0.671. The molecule has 1 aliphatic carbocycles. The molecule has 0 amide bonds. The predicted molar refractivity (Wildman–Crippen MR) is 73.1 cm³/mol. The first kappa shape index (κ1) is 13.5. The van der Waals surface area contributed by atoms with Gasteiger partial charge in [0.15, 0.2) is 0 Å². The monoisotopic (exact) mass is 231 g/mol. The maximum absolute atomic E-state index is 5.11.